The molecular formula is C29H34ClF4N5O3. The number of β-amino-alcohol motifs (C(OH)–C–C–N with tert-alkyl or cyclic N) is 1. The van der Waals surface area contributed by atoms with Crippen molar-refractivity contribution in [2.45, 2.75) is 75.5 Å². The molecule has 0 spiro atoms. The van der Waals surface area contributed by atoms with Gasteiger partial charge in [0.15, 0.2) is 5.82 Å². The van der Waals surface area contributed by atoms with Crippen LogP contribution >= 0.6 is 11.6 Å². The summed E-state index contributed by atoms with van der Waals surface area (Å²) >= 11 is 5.94. The quantitative estimate of drug-likeness (QED) is 0.270. The van der Waals surface area contributed by atoms with E-state index < -0.39 is 45.5 Å². The first-order chi connectivity index (χ1) is 19.8. The van der Waals surface area contributed by atoms with E-state index in [4.69, 9.17) is 31.8 Å². The fraction of sp³-hybridized carbons (Fsp3) is 0.586. The van der Waals surface area contributed by atoms with Crippen molar-refractivity contribution >= 4 is 23.1 Å². The Kier molecular flexibility index (Phi) is 7.35. The maximum Gasteiger partial charge on any atom is 0.418 e. The first-order valence-corrected chi connectivity index (χ1v) is 14.5. The molecule has 0 aliphatic carbocycles. The molecule has 1 aromatic carbocycles. The fourth-order valence-corrected chi connectivity index (χ4v) is 7.37. The van der Waals surface area contributed by atoms with Crippen molar-refractivity contribution in [2.75, 3.05) is 43.4 Å². The Labute approximate surface area is 246 Å². The van der Waals surface area contributed by atoms with Gasteiger partial charge in [-0.25, -0.2) is 4.39 Å². The number of nitrogen functional groups attached to an aromatic ring is 1. The lowest BCUT2D eigenvalue weighted by Gasteiger charge is -2.39. The van der Waals surface area contributed by atoms with Crippen LogP contribution in [0.25, 0.3) is 0 Å². The number of nitrogens with zero attached hydrogens (tertiary/aromatic N) is 4. The third-order valence-electron chi connectivity index (χ3n) is 8.92. The zero-order valence-corrected chi connectivity index (χ0v) is 24.1. The van der Waals surface area contributed by atoms with Crippen LogP contribution in [0.5, 0.6) is 6.01 Å². The summed E-state index contributed by atoms with van der Waals surface area (Å²) in [6.45, 7) is 8.76. The van der Waals surface area contributed by atoms with Gasteiger partial charge in [0.05, 0.1) is 45.8 Å². The molecule has 0 bridgehead atoms. The van der Waals surface area contributed by atoms with Crippen LogP contribution in [0.2, 0.25) is 5.02 Å². The molecule has 42 heavy (non-hydrogen) atoms. The van der Waals surface area contributed by atoms with Crippen molar-refractivity contribution < 1.29 is 32.1 Å². The monoisotopic (exact) mass is 611 g/mol. The van der Waals surface area contributed by atoms with E-state index in [0.717, 1.165) is 44.0 Å². The van der Waals surface area contributed by atoms with Gasteiger partial charge in [0, 0.05) is 37.2 Å². The largest absolute Gasteiger partial charge is 0.461 e. The number of aliphatic hydroxyl groups is 1. The highest BCUT2D eigenvalue weighted by atomic mass is 35.5. The number of nitrogens with two attached hydrogens (primary N) is 1. The minimum Gasteiger partial charge on any atom is -0.461 e. The van der Waals surface area contributed by atoms with Crippen LogP contribution in [-0.2, 0) is 23.9 Å². The number of hydrogen-bond acceptors (Lipinski definition) is 8. The second-order valence-electron chi connectivity index (χ2n) is 12.3. The van der Waals surface area contributed by atoms with Gasteiger partial charge in [-0.3, -0.25) is 4.90 Å². The predicted molar refractivity (Wildman–Crippen MR) is 149 cm³/mol. The maximum atomic E-state index is 15.2. The van der Waals surface area contributed by atoms with Crippen LogP contribution in [0.15, 0.2) is 18.2 Å². The molecule has 4 aliphatic heterocycles. The van der Waals surface area contributed by atoms with Crippen LogP contribution in [0.1, 0.15) is 67.5 Å². The summed E-state index contributed by atoms with van der Waals surface area (Å²) in [5.41, 5.74) is 4.08. The predicted octanol–water partition coefficient (Wildman–Crippen LogP) is 5.21. The van der Waals surface area contributed by atoms with Gasteiger partial charge in [0.2, 0.25) is 0 Å². The molecule has 3 fully saturated rings. The number of alkyl halides is 3. The number of piperidine rings is 1. The molecule has 0 amide bonds. The number of fused-ring (bicyclic) bond motifs is 2. The summed E-state index contributed by atoms with van der Waals surface area (Å²) < 4.78 is 69.6. The molecular weight excluding hydrogens is 578 g/mol. The molecule has 0 radical (unpaired) electrons. The van der Waals surface area contributed by atoms with E-state index in [0.29, 0.717) is 49.6 Å². The zero-order valence-electron chi connectivity index (χ0n) is 23.4. The Hall–Kier alpha value is -2.67. The van der Waals surface area contributed by atoms with Crippen LogP contribution in [-0.4, -0.2) is 63.9 Å². The Balaban J connectivity index is 1.38. The molecule has 4 aliphatic rings. The Morgan fingerprint density at radius 1 is 1.26 bits per heavy atom. The molecule has 8 nitrogen and oxygen atoms in total. The molecule has 6 rings (SSSR count). The summed E-state index contributed by atoms with van der Waals surface area (Å²) in [5, 5.41) is 10.1. The minimum atomic E-state index is -4.94. The number of rotatable bonds is 5. The summed E-state index contributed by atoms with van der Waals surface area (Å²) in [6.07, 6.45) is -2.33. The standard InChI is InChI=1S/C29H34ClF4N5O3/c1-16-11-28(6-4-8-39(28)12-16)15-42-26-36-20-10-21(22-23(29(32,33)34)18(30)9-19(35)24(22)31)41-13-17(20)25(37-26)38-7-3-5-27(2,40)14-38/h9,21,40H,1,3-8,10-15,35H2,2H3/t21-,27-,28-/m1/s1. The van der Waals surface area contributed by atoms with Gasteiger partial charge in [-0.2, -0.15) is 23.1 Å². The van der Waals surface area contributed by atoms with E-state index in [2.05, 4.69) is 16.5 Å². The molecule has 0 unspecified atom stereocenters. The van der Waals surface area contributed by atoms with Gasteiger partial charge in [-0.1, -0.05) is 23.8 Å². The molecule has 0 saturated carbocycles. The highest BCUT2D eigenvalue weighted by molar-refractivity contribution is 6.31. The Morgan fingerprint density at radius 2 is 2.02 bits per heavy atom. The SMILES string of the molecule is C=C1CN2CCC[C@]2(COc2nc3c(c(N4CCC[C@@](C)(O)C4)n2)CO[C@@H](c2c(F)c(N)cc(Cl)c2C(F)(F)F)C3)C1. The van der Waals surface area contributed by atoms with E-state index >= 15 is 4.39 Å². The van der Waals surface area contributed by atoms with Crippen LogP contribution in [0.3, 0.4) is 0 Å². The maximum absolute atomic E-state index is 15.2. The Morgan fingerprint density at radius 3 is 2.76 bits per heavy atom. The van der Waals surface area contributed by atoms with Crippen molar-refractivity contribution in [3.8, 4) is 6.01 Å². The summed E-state index contributed by atoms with van der Waals surface area (Å²) in [4.78, 5) is 13.7. The van der Waals surface area contributed by atoms with E-state index in [-0.39, 0.29) is 24.6 Å². The third kappa shape index (κ3) is 5.31. The van der Waals surface area contributed by atoms with Crippen molar-refractivity contribution in [3.63, 3.8) is 0 Å². The van der Waals surface area contributed by atoms with E-state index in [9.17, 15) is 18.3 Å². The molecule has 13 heteroatoms. The van der Waals surface area contributed by atoms with Gasteiger partial charge in [0.1, 0.15) is 12.4 Å². The molecule has 1 aromatic heterocycles. The van der Waals surface area contributed by atoms with Gasteiger partial charge < -0.3 is 25.2 Å². The van der Waals surface area contributed by atoms with Crippen LogP contribution < -0.4 is 15.4 Å². The average molecular weight is 612 g/mol. The van der Waals surface area contributed by atoms with Gasteiger partial charge in [0.25, 0.3) is 0 Å². The second-order valence-corrected chi connectivity index (χ2v) is 12.7. The number of aromatic nitrogens is 2. The van der Waals surface area contributed by atoms with Gasteiger partial charge in [-0.05, 0) is 51.6 Å². The van der Waals surface area contributed by atoms with E-state index in [1.165, 1.54) is 0 Å². The fourth-order valence-electron chi connectivity index (χ4n) is 7.04. The molecule has 3 N–H and O–H groups in total. The van der Waals surface area contributed by atoms with Crippen molar-refractivity contribution in [1.82, 2.24) is 14.9 Å². The molecule has 3 saturated heterocycles. The number of anilines is 2. The van der Waals surface area contributed by atoms with Crippen molar-refractivity contribution in [2.24, 2.45) is 0 Å². The van der Waals surface area contributed by atoms with Crippen molar-refractivity contribution in [1.29, 1.82) is 0 Å². The lowest BCUT2D eigenvalue weighted by atomic mass is 9.92. The number of ether oxygens (including phenoxy) is 2. The topological polar surface area (TPSA) is 97.0 Å². The van der Waals surface area contributed by atoms with Crippen LogP contribution in [0, 0.1) is 5.82 Å². The summed E-state index contributed by atoms with van der Waals surface area (Å²) in [6, 6.07) is 0.841. The number of halogens is 5. The average Bonchev–Trinajstić information content (AvgIpc) is 3.43. The van der Waals surface area contributed by atoms with Gasteiger partial charge >= 0.3 is 12.2 Å². The lowest BCUT2D eigenvalue weighted by molar-refractivity contribution is -0.140. The highest BCUT2D eigenvalue weighted by Gasteiger charge is 2.47. The second kappa shape index (κ2) is 10.5. The normalized spacial score (nSPS) is 28.2. The van der Waals surface area contributed by atoms with E-state index in [1.807, 2.05) is 4.90 Å². The number of hydrogen-bond donors (Lipinski definition) is 2. The van der Waals surface area contributed by atoms with E-state index in [1.54, 1.807) is 6.92 Å². The Bertz CT molecular complexity index is 1420. The third-order valence-corrected chi connectivity index (χ3v) is 9.22. The van der Waals surface area contributed by atoms with Crippen molar-refractivity contribution in [3.05, 3.63) is 51.4 Å². The molecule has 2 aromatic rings. The first-order valence-electron chi connectivity index (χ1n) is 14.1. The molecule has 3 atom stereocenters. The smallest absolute Gasteiger partial charge is 0.418 e. The molecule has 5 heterocycles. The summed E-state index contributed by atoms with van der Waals surface area (Å²) in [7, 11) is 0. The highest BCUT2D eigenvalue weighted by Crippen LogP contribution is 2.46. The van der Waals surface area contributed by atoms with Gasteiger partial charge in [-0.15, -0.1) is 0 Å². The lowest BCUT2D eigenvalue weighted by Crippen LogP contribution is -2.47. The first kappa shape index (κ1) is 29.4. The minimum absolute atomic E-state index is 0.0791. The zero-order chi connectivity index (χ0) is 30.0. The number of benzene rings is 1. The molecule has 228 valence electrons. The summed E-state index contributed by atoms with van der Waals surface area (Å²) in [5.74, 6) is -0.730. The van der Waals surface area contributed by atoms with Crippen LogP contribution in [0.4, 0.5) is 29.1 Å².